The van der Waals surface area contributed by atoms with Gasteiger partial charge in [0.05, 0.1) is 0 Å². The Bertz CT molecular complexity index is 810. The highest BCUT2D eigenvalue weighted by Crippen LogP contribution is 2.21. The molecule has 3 rings (SSSR count). The van der Waals surface area contributed by atoms with Crippen molar-refractivity contribution >= 4 is 28.1 Å². The molecule has 0 saturated carbocycles. The number of hydrogen-bond acceptors (Lipinski definition) is 1. The summed E-state index contributed by atoms with van der Waals surface area (Å²) in [5, 5.41) is 1.17. The van der Waals surface area contributed by atoms with Gasteiger partial charge in [-0.05, 0) is 54.8 Å². The van der Waals surface area contributed by atoms with Gasteiger partial charge in [-0.2, -0.15) is 0 Å². The van der Waals surface area contributed by atoms with Gasteiger partial charge in [-0.25, -0.2) is 0 Å². The lowest BCUT2D eigenvalue weighted by Crippen LogP contribution is -2.09. The number of rotatable bonds is 3. The van der Waals surface area contributed by atoms with Crippen LogP contribution in [0.15, 0.2) is 48.7 Å². The molecule has 106 valence electrons. The predicted molar refractivity (Wildman–Crippen MR) is 92.8 cm³/mol. The second kappa shape index (κ2) is 5.34. The Morgan fingerprint density at radius 1 is 1.10 bits per heavy atom. The molecule has 2 N–H and O–H groups in total. The van der Waals surface area contributed by atoms with Crippen molar-refractivity contribution in [1.82, 2.24) is 4.57 Å². The maximum absolute atomic E-state index is 5.70. The molecule has 3 heteroatoms. The van der Waals surface area contributed by atoms with Crippen LogP contribution < -0.4 is 5.73 Å². The van der Waals surface area contributed by atoms with E-state index in [1.165, 1.54) is 27.6 Å². The van der Waals surface area contributed by atoms with E-state index in [9.17, 15) is 0 Å². The number of hydrogen-bond donors (Lipinski definition) is 1. The molecule has 0 unspecified atom stereocenters. The van der Waals surface area contributed by atoms with Crippen LogP contribution in [0, 0.1) is 13.8 Å². The van der Waals surface area contributed by atoms with E-state index >= 15 is 0 Å². The van der Waals surface area contributed by atoms with Crippen molar-refractivity contribution in [1.29, 1.82) is 0 Å². The zero-order valence-corrected chi connectivity index (χ0v) is 13.1. The fourth-order valence-corrected chi connectivity index (χ4v) is 2.89. The van der Waals surface area contributed by atoms with E-state index in [2.05, 4.69) is 61.0 Å². The predicted octanol–water partition coefficient (Wildman–Crippen LogP) is 3.94. The fraction of sp³-hybridized carbons (Fsp3) is 0.167. The summed E-state index contributed by atoms with van der Waals surface area (Å²) in [4.78, 5) is 0.444. The molecule has 2 aromatic carbocycles. The van der Waals surface area contributed by atoms with Gasteiger partial charge in [-0.15, -0.1) is 0 Å². The van der Waals surface area contributed by atoms with E-state index in [4.69, 9.17) is 18.0 Å². The van der Waals surface area contributed by atoms with Gasteiger partial charge in [0.15, 0.2) is 0 Å². The summed E-state index contributed by atoms with van der Waals surface area (Å²) in [5.41, 5.74) is 11.9. The topological polar surface area (TPSA) is 30.9 Å². The van der Waals surface area contributed by atoms with Crippen LogP contribution >= 0.6 is 12.2 Å². The van der Waals surface area contributed by atoms with E-state index in [1.54, 1.807) is 0 Å². The molecule has 2 nitrogen and oxygen atoms in total. The Hall–Kier alpha value is -2.13. The summed E-state index contributed by atoms with van der Waals surface area (Å²) in [7, 11) is 0. The van der Waals surface area contributed by atoms with Crippen LogP contribution in [0.1, 0.15) is 22.3 Å². The lowest BCUT2D eigenvalue weighted by atomic mass is 10.0. The Balaban J connectivity index is 2.04. The highest BCUT2D eigenvalue weighted by Gasteiger charge is 2.07. The van der Waals surface area contributed by atoms with Gasteiger partial charge < -0.3 is 10.3 Å². The molecule has 0 saturated heterocycles. The highest BCUT2D eigenvalue weighted by molar-refractivity contribution is 7.80. The molecule has 0 spiro atoms. The number of thiocarbonyl (C=S) groups is 1. The quantitative estimate of drug-likeness (QED) is 0.742. The third-order valence-electron chi connectivity index (χ3n) is 4.03. The number of aromatic nitrogens is 1. The van der Waals surface area contributed by atoms with Crippen molar-refractivity contribution in [3.8, 4) is 0 Å². The summed E-state index contributed by atoms with van der Waals surface area (Å²) < 4.78 is 2.27. The maximum atomic E-state index is 5.70. The first-order chi connectivity index (χ1) is 10.1. The molecule has 0 radical (unpaired) electrons. The maximum Gasteiger partial charge on any atom is 0.104 e. The minimum Gasteiger partial charge on any atom is -0.389 e. The van der Waals surface area contributed by atoms with Gasteiger partial charge in [0, 0.05) is 29.2 Å². The van der Waals surface area contributed by atoms with Gasteiger partial charge in [0.25, 0.3) is 0 Å². The van der Waals surface area contributed by atoms with Crippen molar-refractivity contribution in [2.75, 3.05) is 0 Å². The van der Waals surface area contributed by atoms with Crippen LogP contribution in [0.25, 0.3) is 10.9 Å². The monoisotopic (exact) mass is 294 g/mol. The second-order valence-electron chi connectivity index (χ2n) is 5.45. The first-order valence-corrected chi connectivity index (χ1v) is 7.41. The Morgan fingerprint density at radius 3 is 2.48 bits per heavy atom. The Kier molecular flexibility index (Phi) is 3.52. The van der Waals surface area contributed by atoms with E-state index < -0.39 is 0 Å². The molecule has 1 heterocycles. The van der Waals surface area contributed by atoms with Gasteiger partial charge in [-0.1, -0.05) is 30.4 Å². The van der Waals surface area contributed by atoms with E-state index in [1.807, 2.05) is 6.07 Å². The van der Waals surface area contributed by atoms with Crippen molar-refractivity contribution in [3.63, 3.8) is 0 Å². The second-order valence-corrected chi connectivity index (χ2v) is 5.89. The molecule has 0 bridgehead atoms. The average molecular weight is 294 g/mol. The number of nitrogens with two attached hydrogens (primary N) is 1. The molecule has 0 amide bonds. The summed E-state index contributed by atoms with van der Waals surface area (Å²) >= 11 is 5.04. The minimum absolute atomic E-state index is 0.444. The van der Waals surface area contributed by atoms with Crippen LogP contribution in [-0.2, 0) is 6.54 Å². The fourth-order valence-electron chi connectivity index (χ4n) is 2.76. The van der Waals surface area contributed by atoms with Crippen LogP contribution in [0.2, 0.25) is 0 Å². The van der Waals surface area contributed by atoms with Gasteiger partial charge in [0.2, 0.25) is 0 Å². The van der Waals surface area contributed by atoms with E-state index in [0.29, 0.717) is 4.99 Å². The summed E-state index contributed by atoms with van der Waals surface area (Å²) in [6, 6.07) is 14.7. The number of benzene rings is 2. The van der Waals surface area contributed by atoms with Crippen molar-refractivity contribution < 1.29 is 0 Å². The van der Waals surface area contributed by atoms with E-state index in [0.717, 1.165) is 12.1 Å². The standard InChI is InChI=1S/C18H18N2S/c1-12-4-3-5-13(2)16(12)11-20-9-8-14-10-15(18(19)21)6-7-17(14)20/h3-10H,11H2,1-2H3,(H2,19,21). The van der Waals surface area contributed by atoms with Crippen molar-refractivity contribution in [2.45, 2.75) is 20.4 Å². The zero-order valence-electron chi connectivity index (χ0n) is 12.3. The van der Waals surface area contributed by atoms with Gasteiger partial charge in [-0.3, -0.25) is 0 Å². The molecular weight excluding hydrogens is 276 g/mol. The summed E-state index contributed by atoms with van der Waals surface area (Å²) in [6.45, 7) is 5.21. The normalized spacial score (nSPS) is 11.0. The molecular formula is C18H18N2S. The van der Waals surface area contributed by atoms with Crippen molar-refractivity contribution in [3.05, 3.63) is 70.9 Å². The van der Waals surface area contributed by atoms with Gasteiger partial charge >= 0.3 is 0 Å². The SMILES string of the molecule is Cc1cccc(C)c1Cn1ccc2cc(C(N)=S)ccc21. The number of aryl methyl sites for hydroxylation is 2. The smallest absolute Gasteiger partial charge is 0.104 e. The minimum atomic E-state index is 0.444. The Labute approximate surface area is 130 Å². The molecule has 1 aromatic heterocycles. The number of nitrogens with zero attached hydrogens (tertiary/aromatic N) is 1. The lowest BCUT2D eigenvalue weighted by Gasteiger charge is -2.12. The van der Waals surface area contributed by atoms with Crippen LogP contribution in [0.5, 0.6) is 0 Å². The van der Waals surface area contributed by atoms with E-state index in [-0.39, 0.29) is 0 Å². The van der Waals surface area contributed by atoms with Crippen LogP contribution in [0.3, 0.4) is 0 Å². The van der Waals surface area contributed by atoms with Crippen LogP contribution in [-0.4, -0.2) is 9.56 Å². The largest absolute Gasteiger partial charge is 0.389 e. The molecule has 0 aliphatic heterocycles. The molecule has 0 aliphatic rings. The zero-order chi connectivity index (χ0) is 15.0. The highest BCUT2D eigenvalue weighted by atomic mass is 32.1. The third kappa shape index (κ3) is 2.57. The first-order valence-electron chi connectivity index (χ1n) is 7.00. The van der Waals surface area contributed by atoms with Crippen molar-refractivity contribution in [2.24, 2.45) is 5.73 Å². The number of fused-ring (bicyclic) bond motifs is 1. The molecule has 0 atom stereocenters. The summed E-state index contributed by atoms with van der Waals surface area (Å²) in [5.74, 6) is 0. The third-order valence-corrected chi connectivity index (χ3v) is 4.26. The molecule has 0 aliphatic carbocycles. The molecule has 21 heavy (non-hydrogen) atoms. The first kappa shape index (κ1) is 13.8. The summed E-state index contributed by atoms with van der Waals surface area (Å²) in [6.07, 6.45) is 2.12. The molecule has 3 aromatic rings. The van der Waals surface area contributed by atoms with Crippen LogP contribution in [0.4, 0.5) is 0 Å². The van der Waals surface area contributed by atoms with Gasteiger partial charge in [0.1, 0.15) is 4.99 Å². The molecule has 0 fully saturated rings. The lowest BCUT2D eigenvalue weighted by molar-refractivity contribution is 0.823. The average Bonchev–Trinajstić information content (AvgIpc) is 2.85. The Morgan fingerprint density at radius 2 is 1.81 bits per heavy atom.